The summed E-state index contributed by atoms with van der Waals surface area (Å²) in [6.07, 6.45) is 0. The summed E-state index contributed by atoms with van der Waals surface area (Å²) < 4.78 is 2.12. The molecule has 2 N–H and O–H groups in total. The molecule has 6 nitrogen and oxygen atoms in total. The van der Waals surface area contributed by atoms with E-state index in [4.69, 9.17) is 4.98 Å². The third kappa shape index (κ3) is 4.15. The first-order valence-electron chi connectivity index (χ1n) is 11.1. The van der Waals surface area contributed by atoms with Crippen LogP contribution in [0.4, 0.5) is 11.5 Å². The van der Waals surface area contributed by atoms with Gasteiger partial charge >= 0.3 is 0 Å². The van der Waals surface area contributed by atoms with Gasteiger partial charge in [0.05, 0.1) is 16.6 Å². The Bertz CT molecular complexity index is 1280. The van der Waals surface area contributed by atoms with Gasteiger partial charge in [-0.1, -0.05) is 36.4 Å². The molecule has 0 bridgehead atoms. The standard InChI is InChI=1S/C26H27N5O/c1-19-16-23-26(22(28-19)18-30-14-12-27-13-15-30)24(32)17-25(29-20-8-4-2-5-9-20)31(23)21-10-6-3-7-11-21/h2-11,16-17,27,29H,12-15,18H2,1H3. The average molecular weight is 426 g/mol. The predicted molar refractivity (Wildman–Crippen MR) is 130 cm³/mol. The van der Waals surface area contributed by atoms with Crippen LogP contribution in [0.15, 0.2) is 77.6 Å². The lowest BCUT2D eigenvalue weighted by atomic mass is 10.1. The summed E-state index contributed by atoms with van der Waals surface area (Å²) in [4.78, 5) is 20.6. The monoisotopic (exact) mass is 425 g/mol. The number of piperazine rings is 1. The Morgan fingerprint density at radius 2 is 1.66 bits per heavy atom. The highest BCUT2D eigenvalue weighted by molar-refractivity contribution is 5.86. The highest BCUT2D eigenvalue weighted by atomic mass is 16.1. The van der Waals surface area contributed by atoms with E-state index in [1.54, 1.807) is 6.07 Å². The van der Waals surface area contributed by atoms with E-state index >= 15 is 0 Å². The molecule has 4 aromatic rings. The van der Waals surface area contributed by atoms with Gasteiger partial charge in [0.15, 0.2) is 5.43 Å². The van der Waals surface area contributed by atoms with Crippen LogP contribution in [0.1, 0.15) is 11.4 Å². The number of para-hydroxylation sites is 2. The molecule has 0 amide bonds. The number of nitrogens with one attached hydrogen (secondary N) is 2. The number of anilines is 2. The van der Waals surface area contributed by atoms with Gasteiger partial charge in [0.25, 0.3) is 0 Å². The maximum absolute atomic E-state index is 13.4. The van der Waals surface area contributed by atoms with E-state index in [-0.39, 0.29) is 5.43 Å². The molecule has 2 aromatic heterocycles. The minimum Gasteiger partial charge on any atom is -0.341 e. The van der Waals surface area contributed by atoms with E-state index in [0.717, 1.165) is 60.3 Å². The van der Waals surface area contributed by atoms with Crippen molar-refractivity contribution in [2.45, 2.75) is 13.5 Å². The second-order valence-electron chi connectivity index (χ2n) is 8.19. The molecule has 0 aliphatic carbocycles. The summed E-state index contributed by atoms with van der Waals surface area (Å²) >= 11 is 0. The molecule has 3 heterocycles. The van der Waals surface area contributed by atoms with Crippen LogP contribution in [0.25, 0.3) is 16.6 Å². The molecule has 0 radical (unpaired) electrons. The Morgan fingerprint density at radius 1 is 0.969 bits per heavy atom. The van der Waals surface area contributed by atoms with Crippen molar-refractivity contribution < 1.29 is 0 Å². The molecule has 1 saturated heterocycles. The molecular weight excluding hydrogens is 398 g/mol. The zero-order valence-corrected chi connectivity index (χ0v) is 18.2. The van der Waals surface area contributed by atoms with Crippen molar-refractivity contribution in [3.63, 3.8) is 0 Å². The maximum Gasteiger partial charge on any atom is 0.193 e. The van der Waals surface area contributed by atoms with Crippen LogP contribution >= 0.6 is 0 Å². The minimum absolute atomic E-state index is 0.0109. The van der Waals surface area contributed by atoms with Crippen LogP contribution in [-0.2, 0) is 6.54 Å². The highest BCUT2D eigenvalue weighted by Gasteiger charge is 2.19. The fourth-order valence-electron chi connectivity index (χ4n) is 4.37. The van der Waals surface area contributed by atoms with Gasteiger partial charge in [-0.2, -0.15) is 0 Å². The van der Waals surface area contributed by atoms with Crippen molar-refractivity contribution in [3.8, 4) is 5.69 Å². The Balaban J connectivity index is 1.72. The van der Waals surface area contributed by atoms with Gasteiger partial charge < -0.3 is 10.6 Å². The number of pyridine rings is 2. The van der Waals surface area contributed by atoms with E-state index in [1.807, 2.05) is 61.5 Å². The van der Waals surface area contributed by atoms with Gasteiger partial charge in [-0.05, 0) is 37.3 Å². The molecule has 0 atom stereocenters. The molecule has 6 heteroatoms. The summed E-state index contributed by atoms with van der Waals surface area (Å²) in [7, 11) is 0. The number of hydrogen-bond acceptors (Lipinski definition) is 5. The van der Waals surface area contributed by atoms with Crippen LogP contribution < -0.4 is 16.1 Å². The van der Waals surface area contributed by atoms with E-state index in [1.165, 1.54) is 0 Å². The van der Waals surface area contributed by atoms with E-state index < -0.39 is 0 Å². The molecule has 1 aliphatic heterocycles. The number of benzene rings is 2. The molecule has 1 aliphatic rings. The Labute approximate surface area is 187 Å². The quantitative estimate of drug-likeness (QED) is 0.509. The van der Waals surface area contributed by atoms with Crippen LogP contribution in [0.5, 0.6) is 0 Å². The summed E-state index contributed by atoms with van der Waals surface area (Å²) in [5.74, 6) is 0.735. The van der Waals surface area contributed by atoms with Crippen LogP contribution in [0.3, 0.4) is 0 Å². The lowest BCUT2D eigenvalue weighted by Gasteiger charge is -2.27. The second-order valence-corrected chi connectivity index (χ2v) is 8.19. The van der Waals surface area contributed by atoms with E-state index in [9.17, 15) is 4.79 Å². The zero-order chi connectivity index (χ0) is 21.9. The molecule has 5 rings (SSSR count). The van der Waals surface area contributed by atoms with Crippen molar-refractivity contribution in [1.82, 2.24) is 19.8 Å². The molecule has 0 unspecified atom stereocenters. The van der Waals surface area contributed by atoms with Crippen molar-refractivity contribution in [3.05, 3.63) is 94.4 Å². The highest BCUT2D eigenvalue weighted by Crippen LogP contribution is 2.27. The Kier molecular flexibility index (Phi) is 5.71. The van der Waals surface area contributed by atoms with Gasteiger partial charge in [-0.15, -0.1) is 0 Å². The van der Waals surface area contributed by atoms with Gasteiger partial charge in [0, 0.05) is 55.9 Å². The Morgan fingerprint density at radius 3 is 2.38 bits per heavy atom. The summed E-state index contributed by atoms with van der Waals surface area (Å²) in [6, 6.07) is 23.8. The van der Waals surface area contributed by atoms with Crippen LogP contribution in [-0.4, -0.2) is 40.6 Å². The third-order valence-corrected chi connectivity index (χ3v) is 5.84. The summed E-state index contributed by atoms with van der Waals surface area (Å²) in [5.41, 5.74) is 4.55. The van der Waals surface area contributed by atoms with Crippen molar-refractivity contribution in [2.24, 2.45) is 0 Å². The lowest BCUT2D eigenvalue weighted by molar-refractivity contribution is 0.231. The summed E-state index contributed by atoms with van der Waals surface area (Å²) in [6.45, 7) is 6.51. The molecule has 32 heavy (non-hydrogen) atoms. The maximum atomic E-state index is 13.4. The molecule has 0 saturated carbocycles. The summed E-state index contributed by atoms with van der Waals surface area (Å²) in [5, 5.41) is 7.52. The van der Waals surface area contributed by atoms with Crippen LogP contribution in [0, 0.1) is 6.92 Å². The smallest absolute Gasteiger partial charge is 0.193 e. The second kappa shape index (κ2) is 8.94. The Hall–Kier alpha value is -3.48. The molecule has 0 spiro atoms. The SMILES string of the molecule is Cc1cc2c(c(CN3CCNCC3)n1)c(=O)cc(Nc1ccccc1)n2-c1ccccc1. The number of nitrogens with zero attached hydrogens (tertiary/aromatic N) is 3. The fraction of sp³-hybridized carbons (Fsp3) is 0.231. The largest absolute Gasteiger partial charge is 0.341 e. The number of hydrogen-bond donors (Lipinski definition) is 2. The first-order chi connectivity index (χ1) is 15.7. The zero-order valence-electron chi connectivity index (χ0n) is 18.2. The number of rotatable bonds is 5. The fourth-order valence-corrected chi connectivity index (χ4v) is 4.37. The first kappa shape index (κ1) is 20.4. The number of fused-ring (bicyclic) bond motifs is 1. The van der Waals surface area contributed by atoms with Crippen molar-refractivity contribution in [2.75, 3.05) is 31.5 Å². The topological polar surface area (TPSA) is 62.2 Å². The normalized spacial score (nSPS) is 14.5. The van der Waals surface area contributed by atoms with E-state index in [0.29, 0.717) is 11.9 Å². The average Bonchev–Trinajstić information content (AvgIpc) is 2.81. The molecule has 2 aromatic carbocycles. The van der Waals surface area contributed by atoms with Gasteiger partial charge in [0.1, 0.15) is 5.82 Å². The van der Waals surface area contributed by atoms with Crippen molar-refractivity contribution in [1.29, 1.82) is 0 Å². The number of aromatic nitrogens is 2. The lowest BCUT2D eigenvalue weighted by Crippen LogP contribution is -2.43. The van der Waals surface area contributed by atoms with Gasteiger partial charge in [-0.3, -0.25) is 19.2 Å². The van der Waals surface area contributed by atoms with E-state index in [2.05, 4.69) is 32.2 Å². The van der Waals surface area contributed by atoms with Crippen LogP contribution in [0.2, 0.25) is 0 Å². The van der Waals surface area contributed by atoms with Gasteiger partial charge in [0.2, 0.25) is 0 Å². The number of aryl methyl sites for hydroxylation is 1. The predicted octanol–water partition coefficient (Wildman–Crippen LogP) is 3.84. The van der Waals surface area contributed by atoms with Crippen molar-refractivity contribution >= 4 is 22.4 Å². The molecule has 162 valence electrons. The molecule has 1 fully saturated rings. The first-order valence-corrected chi connectivity index (χ1v) is 11.1. The minimum atomic E-state index is -0.0109. The third-order valence-electron chi connectivity index (χ3n) is 5.84. The molecular formula is C26H27N5O. The van der Waals surface area contributed by atoms with Gasteiger partial charge in [-0.25, -0.2) is 0 Å².